The van der Waals surface area contributed by atoms with Gasteiger partial charge in [-0.1, -0.05) is 0 Å². The smallest absolute Gasteiger partial charge is 0.141 e. The number of nitrogens with one attached hydrogen (secondary N) is 1. The van der Waals surface area contributed by atoms with Gasteiger partial charge in [-0.3, -0.25) is 4.98 Å². The van der Waals surface area contributed by atoms with E-state index in [1.54, 1.807) is 17.7 Å². The zero-order valence-corrected chi connectivity index (χ0v) is 10.1. The first-order valence-corrected chi connectivity index (χ1v) is 6.34. The third-order valence-electron chi connectivity index (χ3n) is 2.94. The number of aromatic amines is 1. The van der Waals surface area contributed by atoms with E-state index in [1.165, 1.54) is 15.0 Å². The topological polar surface area (TPSA) is 54.5 Å². The van der Waals surface area contributed by atoms with Crippen molar-refractivity contribution in [3.8, 4) is 10.4 Å². The van der Waals surface area contributed by atoms with Gasteiger partial charge in [0.2, 0.25) is 0 Å². The highest BCUT2D eigenvalue weighted by molar-refractivity contribution is 7.22. The van der Waals surface area contributed by atoms with Gasteiger partial charge in [0.1, 0.15) is 12.0 Å². The molecule has 4 aromatic heterocycles. The van der Waals surface area contributed by atoms with E-state index in [9.17, 15) is 0 Å². The Hall–Kier alpha value is -2.27. The average molecular weight is 252 g/mol. The molecule has 4 nitrogen and oxygen atoms in total. The van der Waals surface area contributed by atoms with Crippen molar-refractivity contribution in [2.24, 2.45) is 0 Å². The molecule has 0 aromatic carbocycles. The van der Waals surface area contributed by atoms with Gasteiger partial charge in [-0.2, -0.15) is 0 Å². The molecule has 0 aliphatic carbocycles. The number of hydrogen-bond acceptors (Lipinski definition) is 4. The quantitative estimate of drug-likeness (QED) is 0.566. The van der Waals surface area contributed by atoms with Crippen LogP contribution in [-0.2, 0) is 0 Å². The maximum Gasteiger partial charge on any atom is 0.141 e. The number of fused-ring (bicyclic) bond motifs is 2. The molecule has 86 valence electrons. The summed E-state index contributed by atoms with van der Waals surface area (Å²) in [6.07, 6.45) is 9.09. The second kappa shape index (κ2) is 3.61. The van der Waals surface area contributed by atoms with Gasteiger partial charge in [-0.05, 0) is 12.1 Å². The normalized spacial score (nSPS) is 11.3. The van der Waals surface area contributed by atoms with Crippen LogP contribution in [0.3, 0.4) is 0 Å². The summed E-state index contributed by atoms with van der Waals surface area (Å²) in [6, 6.07) is 4.19. The highest BCUT2D eigenvalue weighted by atomic mass is 32.1. The number of rotatable bonds is 1. The highest BCUT2D eigenvalue weighted by Crippen LogP contribution is 2.36. The van der Waals surface area contributed by atoms with Gasteiger partial charge in [0.15, 0.2) is 0 Å². The van der Waals surface area contributed by atoms with Crippen LogP contribution in [0, 0.1) is 0 Å². The summed E-state index contributed by atoms with van der Waals surface area (Å²) in [5.74, 6) is 0. The first-order chi connectivity index (χ1) is 8.92. The molecule has 0 atom stereocenters. The van der Waals surface area contributed by atoms with Crippen LogP contribution in [-0.4, -0.2) is 19.9 Å². The van der Waals surface area contributed by atoms with Gasteiger partial charge in [0.05, 0.1) is 0 Å². The van der Waals surface area contributed by atoms with Crippen molar-refractivity contribution >= 4 is 32.5 Å². The molecule has 0 aliphatic heterocycles. The molecule has 4 heterocycles. The summed E-state index contributed by atoms with van der Waals surface area (Å²) in [5, 5.41) is 2.22. The molecule has 0 fully saturated rings. The minimum absolute atomic E-state index is 0.871. The Kier molecular flexibility index (Phi) is 1.95. The number of hydrogen-bond donors (Lipinski definition) is 1. The molecular weight excluding hydrogens is 244 g/mol. The fraction of sp³-hybridized carbons (Fsp3) is 0. The Morgan fingerprint density at radius 1 is 1.17 bits per heavy atom. The van der Waals surface area contributed by atoms with Crippen LogP contribution < -0.4 is 0 Å². The Bertz CT molecular complexity index is 813. The second-order valence-corrected chi connectivity index (χ2v) is 5.10. The first kappa shape index (κ1) is 9.73. The third kappa shape index (κ3) is 1.34. The van der Waals surface area contributed by atoms with Crippen molar-refractivity contribution in [2.45, 2.75) is 0 Å². The Labute approximate surface area is 106 Å². The highest BCUT2D eigenvalue weighted by Gasteiger charge is 2.10. The lowest BCUT2D eigenvalue weighted by Crippen LogP contribution is -1.77. The lowest BCUT2D eigenvalue weighted by molar-refractivity contribution is 1.20. The van der Waals surface area contributed by atoms with Crippen molar-refractivity contribution in [1.29, 1.82) is 0 Å². The largest absolute Gasteiger partial charge is 0.345 e. The van der Waals surface area contributed by atoms with Crippen molar-refractivity contribution in [1.82, 2.24) is 19.9 Å². The lowest BCUT2D eigenvalue weighted by atomic mass is 10.2. The Morgan fingerprint density at radius 2 is 2.17 bits per heavy atom. The van der Waals surface area contributed by atoms with Gasteiger partial charge < -0.3 is 4.98 Å². The number of thiophene rings is 1. The first-order valence-electron chi connectivity index (χ1n) is 5.53. The summed E-state index contributed by atoms with van der Waals surface area (Å²) in [7, 11) is 0. The van der Waals surface area contributed by atoms with Gasteiger partial charge in [-0.15, -0.1) is 11.3 Å². The van der Waals surface area contributed by atoms with E-state index in [1.807, 2.05) is 30.9 Å². The van der Waals surface area contributed by atoms with Crippen LogP contribution in [0.1, 0.15) is 0 Å². The Morgan fingerprint density at radius 3 is 3.11 bits per heavy atom. The number of aromatic nitrogens is 4. The van der Waals surface area contributed by atoms with E-state index in [0.29, 0.717) is 0 Å². The summed E-state index contributed by atoms with van der Waals surface area (Å²) < 4.78 is 1.24. The molecule has 0 saturated carbocycles. The standard InChI is InChI=1S/C13H8N4S/c1-2-14-4-8-3-12(18-11(1)8)9-6-16-13-10(9)5-15-7-17-13/h1-7H,(H,15,16,17). The molecular formula is C13H8N4S. The fourth-order valence-corrected chi connectivity index (χ4v) is 3.14. The molecule has 0 aliphatic rings. The van der Waals surface area contributed by atoms with E-state index >= 15 is 0 Å². The monoisotopic (exact) mass is 252 g/mol. The molecule has 18 heavy (non-hydrogen) atoms. The zero-order valence-electron chi connectivity index (χ0n) is 9.29. The molecule has 0 radical (unpaired) electrons. The summed E-state index contributed by atoms with van der Waals surface area (Å²) in [6.45, 7) is 0. The summed E-state index contributed by atoms with van der Waals surface area (Å²) in [4.78, 5) is 16.8. The van der Waals surface area contributed by atoms with Crippen molar-refractivity contribution in [2.75, 3.05) is 0 Å². The lowest BCUT2D eigenvalue weighted by Gasteiger charge is -1.92. The van der Waals surface area contributed by atoms with E-state index in [4.69, 9.17) is 0 Å². The molecule has 0 bridgehead atoms. The minimum Gasteiger partial charge on any atom is -0.345 e. The van der Waals surface area contributed by atoms with Gasteiger partial charge >= 0.3 is 0 Å². The maximum absolute atomic E-state index is 4.21. The van der Waals surface area contributed by atoms with Crippen molar-refractivity contribution in [3.05, 3.63) is 43.2 Å². The van der Waals surface area contributed by atoms with Gasteiger partial charge in [-0.25, -0.2) is 9.97 Å². The van der Waals surface area contributed by atoms with Crippen LogP contribution in [0.4, 0.5) is 0 Å². The molecule has 0 unspecified atom stereocenters. The Balaban J connectivity index is 2.01. The molecule has 1 N–H and O–H groups in total. The van der Waals surface area contributed by atoms with Crippen LogP contribution in [0.5, 0.6) is 0 Å². The van der Waals surface area contributed by atoms with Crippen LogP contribution in [0.15, 0.2) is 43.2 Å². The SMILES string of the molecule is c1cc2sc(-c3c[nH]c4ncncc34)cc2cn1. The van der Waals surface area contributed by atoms with Crippen LogP contribution in [0.25, 0.3) is 31.6 Å². The predicted molar refractivity (Wildman–Crippen MR) is 72.5 cm³/mol. The maximum atomic E-state index is 4.21. The number of pyridine rings is 1. The molecule has 4 rings (SSSR count). The van der Waals surface area contributed by atoms with Crippen molar-refractivity contribution in [3.63, 3.8) is 0 Å². The number of H-pyrrole nitrogens is 1. The van der Waals surface area contributed by atoms with E-state index < -0.39 is 0 Å². The summed E-state index contributed by atoms with van der Waals surface area (Å²) in [5.41, 5.74) is 2.02. The minimum atomic E-state index is 0.871. The van der Waals surface area contributed by atoms with Gasteiger partial charge in [0, 0.05) is 50.7 Å². The molecule has 0 spiro atoms. The van der Waals surface area contributed by atoms with E-state index in [-0.39, 0.29) is 0 Å². The average Bonchev–Trinajstić information content (AvgIpc) is 3.02. The predicted octanol–water partition coefficient (Wildman–Crippen LogP) is 3.23. The zero-order chi connectivity index (χ0) is 11.9. The second-order valence-electron chi connectivity index (χ2n) is 4.01. The number of nitrogens with zero attached hydrogens (tertiary/aromatic N) is 3. The molecule has 0 saturated heterocycles. The molecule has 5 heteroatoms. The van der Waals surface area contributed by atoms with E-state index in [0.717, 1.165) is 16.6 Å². The van der Waals surface area contributed by atoms with E-state index in [2.05, 4.69) is 26.0 Å². The molecule has 4 aromatic rings. The third-order valence-corrected chi connectivity index (χ3v) is 4.09. The summed E-state index contributed by atoms with van der Waals surface area (Å²) >= 11 is 1.75. The molecule has 0 amide bonds. The van der Waals surface area contributed by atoms with Crippen LogP contribution >= 0.6 is 11.3 Å². The van der Waals surface area contributed by atoms with Crippen LogP contribution in [0.2, 0.25) is 0 Å². The fourth-order valence-electron chi connectivity index (χ4n) is 2.08. The van der Waals surface area contributed by atoms with Crippen molar-refractivity contribution < 1.29 is 0 Å². The van der Waals surface area contributed by atoms with Gasteiger partial charge in [0.25, 0.3) is 0 Å².